The molecule has 2 aromatic carbocycles. The second-order valence-electron chi connectivity index (χ2n) is 5.42. The Morgan fingerprint density at radius 1 is 1.04 bits per heavy atom. The molecule has 0 saturated heterocycles. The lowest BCUT2D eigenvalue weighted by molar-refractivity contribution is -0.384. The van der Waals surface area contributed by atoms with E-state index < -0.39 is 10.7 Å². The van der Waals surface area contributed by atoms with Crippen LogP contribution in [0.25, 0.3) is 17.4 Å². The van der Waals surface area contributed by atoms with Crippen LogP contribution in [0.15, 0.2) is 59.0 Å². The predicted octanol–water partition coefficient (Wildman–Crippen LogP) is 6.71. The van der Waals surface area contributed by atoms with Crippen LogP contribution in [-0.4, -0.2) is 10.7 Å². The number of nitro groups is 1. The summed E-state index contributed by atoms with van der Waals surface area (Å²) in [5, 5.41) is 11.7. The van der Waals surface area contributed by atoms with Crippen LogP contribution in [0.1, 0.15) is 16.1 Å². The standard InChI is InChI=1S/C19H10Cl3NO4/c20-14-7-4-11(10-16(14)23(25)26)17(24)8-5-12-6-9-18(27-12)13-2-1-3-15(21)19(13)22/h1-10H. The summed E-state index contributed by atoms with van der Waals surface area (Å²) < 4.78 is 5.66. The van der Waals surface area contributed by atoms with Gasteiger partial charge in [0.15, 0.2) is 5.78 Å². The smallest absolute Gasteiger partial charge is 0.288 e. The third-order valence-corrected chi connectivity index (χ3v) is 4.81. The molecule has 1 aromatic heterocycles. The molecule has 0 spiro atoms. The molecule has 3 aromatic rings. The summed E-state index contributed by atoms with van der Waals surface area (Å²) >= 11 is 17.9. The maximum atomic E-state index is 12.2. The zero-order valence-electron chi connectivity index (χ0n) is 13.5. The maximum absolute atomic E-state index is 12.2. The first-order valence-electron chi connectivity index (χ1n) is 7.57. The van der Waals surface area contributed by atoms with Gasteiger partial charge in [0.25, 0.3) is 5.69 Å². The number of rotatable bonds is 5. The molecule has 27 heavy (non-hydrogen) atoms. The first-order chi connectivity index (χ1) is 12.9. The van der Waals surface area contributed by atoms with Crippen LogP contribution in [0.3, 0.4) is 0 Å². The van der Waals surface area contributed by atoms with Crippen LogP contribution in [0, 0.1) is 10.1 Å². The highest BCUT2D eigenvalue weighted by atomic mass is 35.5. The van der Waals surface area contributed by atoms with Crippen molar-refractivity contribution in [1.29, 1.82) is 0 Å². The van der Waals surface area contributed by atoms with E-state index in [4.69, 9.17) is 39.2 Å². The minimum Gasteiger partial charge on any atom is -0.457 e. The van der Waals surface area contributed by atoms with Crippen LogP contribution < -0.4 is 0 Å². The van der Waals surface area contributed by atoms with E-state index >= 15 is 0 Å². The molecule has 0 radical (unpaired) electrons. The van der Waals surface area contributed by atoms with Gasteiger partial charge in [-0.25, -0.2) is 0 Å². The van der Waals surface area contributed by atoms with Crippen molar-refractivity contribution < 1.29 is 14.1 Å². The molecule has 5 nitrogen and oxygen atoms in total. The van der Waals surface area contributed by atoms with Gasteiger partial charge in [0.05, 0.1) is 15.0 Å². The van der Waals surface area contributed by atoms with Crippen LogP contribution in [0.4, 0.5) is 5.69 Å². The van der Waals surface area contributed by atoms with Crippen LogP contribution in [0.5, 0.6) is 0 Å². The third-order valence-electron chi connectivity index (χ3n) is 3.67. The fourth-order valence-electron chi connectivity index (χ4n) is 2.34. The molecule has 0 saturated carbocycles. The molecule has 0 unspecified atom stereocenters. The summed E-state index contributed by atoms with van der Waals surface area (Å²) in [6.45, 7) is 0. The Bertz CT molecular complexity index is 1070. The van der Waals surface area contributed by atoms with Gasteiger partial charge in [-0.1, -0.05) is 40.9 Å². The Balaban J connectivity index is 1.82. The largest absolute Gasteiger partial charge is 0.457 e. The van der Waals surface area contributed by atoms with Gasteiger partial charge in [-0.3, -0.25) is 14.9 Å². The molecule has 136 valence electrons. The average molecular weight is 423 g/mol. The van der Waals surface area contributed by atoms with E-state index in [1.807, 2.05) is 0 Å². The highest BCUT2D eigenvalue weighted by Gasteiger charge is 2.15. The highest BCUT2D eigenvalue weighted by Crippen LogP contribution is 2.34. The number of ketones is 1. The van der Waals surface area contributed by atoms with Gasteiger partial charge in [0.1, 0.15) is 16.5 Å². The predicted molar refractivity (Wildman–Crippen MR) is 106 cm³/mol. The zero-order valence-corrected chi connectivity index (χ0v) is 15.8. The third kappa shape index (κ3) is 4.22. The van der Waals surface area contributed by atoms with Gasteiger partial charge in [0, 0.05) is 17.2 Å². The SMILES string of the molecule is O=C(C=Cc1ccc(-c2cccc(Cl)c2Cl)o1)c1ccc(Cl)c([N+](=O)[O-])c1. The summed E-state index contributed by atoms with van der Waals surface area (Å²) in [5.41, 5.74) is 0.447. The second-order valence-corrected chi connectivity index (χ2v) is 6.62. The second kappa shape index (κ2) is 7.96. The molecule has 0 fully saturated rings. The molecule has 0 N–H and O–H groups in total. The Hall–Kier alpha value is -2.60. The molecule has 1 heterocycles. The first kappa shape index (κ1) is 19.2. The van der Waals surface area contributed by atoms with E-state index in [-0.39, 0.29) is 16.3 Å². The molecule has 0 aliphatic carbocycles. The number of hydrogen-bond acceptors (Lipinski definition) is 4. The number of furan rings is 1. The summed E-state index contributed by atoms with van der Waals surface area (Å²) in [7, 11) is 0. The Morgan fingerprint density at radius 3 is 2.56 bits per heavy atom. The molecule has 0 aliphatic rings. The van der Waals surface area contributed by atoms with E-state index in [9.17, 15) is 14.9 Å². The number of hydrogen-bond donors (Lipinski definition) is 0. The van der Waals surface area contributed by atoms with Gasteiger partial charge in [-0.15, -0.1) is 0 Å². The molecule has 3 rings (SSSR count). The number of carbonyl (C=O) groups excluding carboxylic acids is 1. The molecule has 0 atom stereocenters. The van der Waals surface area contributed by atoms with E-state index in [0.29, 0.717) is 27.1 Å². The molecule has 0 amide bonds. The van der Waals surface area contributed by atoms with E-state index in [0.717, 1.165) is 6.07 Å². The van der Waals surface area contributed by atoms with Crippen molar-refractivity contribution in [2.24, 2.45) is 0 Å². The number of carbonyl (C=O) groups is 1. The van der Waals surface area contributed by atoms with Crippen molar-refractivity contribution in [3.63, 3.8) is 0 Å². The molecule has 0 aliphatic heterocycles. The van der Waals surface area contributed by atoms with Crippen LogP contribution >= 0.6 is 34.8 Å². The molecular formula is C19H10Cl3NO4. The van der Waals surface area contributed by atoms with Crippen LogP contribution in [0.2, 0.25) is 15.1 Å². The van der Waals surface area contributed by atoms with E-state index in [1.54, 1.807) is 30.3 Å². The molecule has 0 bridgehead atoms. The van der Waals surface area contributed by atoms with Gasteiger partial charge >= 0.3 is 0 Å². The minimum atomic E-state index is -0.642. The Labute approximate surface area is 168 Å². The summed E-state index contributed by atoms with van der Waals surface area (Å²) in [4.78, 5) is 22.5. The monoisotopic (exact) mass is 421 g/mol. The zero-order chi connectivity index (χ0) is 19.6. The summed E-state index contributed by atoms with van der Waals surface area (Å²) in [6, 6.07) is 12.4. The van der Waals surface area contributed by atoms with Crippen molar-refractivity contribution in [3.05, 3.63) is 91.1 Å². The average Bonchev–Trinajstić information content (AvgIpc) is 3.11. The van der Waals surface area contributed by atoms with Crippen molar-refractivity contribution >= 4 is 52.3 Å². The normalized spacial score (nSPS) is 11.1. The van der Waals surface area contributed by atoms with E-state index in [1.165, 1.54) is 24.3 Å². The maximum Gasteiger partial charge on any atom is 0.288 e. The van der Waals surface area contributed by atoms with Gasteiger partial charge in [-0.2, -0.15) is 0 Å². The fraction of sp³-hybridized carbons (Fsp3) is 0. The van der Waals surface area contributed by atoms with Crippen molar-refractivity contribution in [2.45, 2.75) is 0 Å². The van der Waals surface area contributed by atoms with Crippen molar-refractivity contribution in [3.8, 4) is 11.3 Å². The van der Waals surface area contributed by atoms with Gasteiger partial charge in [0.2, 0.25) is 0 Å². The first-order valence-corrected chi connectivity index (χ1v) is 8.71. The summed E-state index contributed by atoms with van der Waals surface area (Å²) in [5.74, 6) is 0.489. The number of nitro benzene ring substituents is 1. The number of nitrogens with zero attached hydrogens (tertiary/aromatic N) is 1. The van der Waals surface area contributed by atoms with Crippen molar-refractivity contribution in [2.75, 3.05) is 0 Å². The number of benzene rings is 2. The Kier molecular flexibility index (Phi) is 5.65. The molecular weight excluding hydrogens is 413 g/mol. The lowest BCUT2D eigenvalue weighted by atomic mass is 10.1. The van der Waals surface area contributed by atoms with Crippen molar-refractivity contribution in [1.82, 2.24) is 0 Å². The van der Waals surface area contributed by atoms with Crippen LogP contribution in [-0.2, 0) is 0 Å². The lowest BCUT2D eigenvalue weighted by Crippen LogP contribution is -1.97. The topological polar surface area (TPSA) is 73.3 Å². The fourth-order valence-corrected chi connectivity index (χ4v) is 2.92. The molecule has 8 heteroatoms. The quantitative estimate of drug-likeness (QED) is 0.198. The lowest BCUT2D eigenvalue weighted by Gasteiger charge is -2.01. The van der Waals surface area contributed by atoms with E-state index in [2.05, 4.69) is 0 Å². The highest BCUT2D eigenvalue weighted by molar-refractivity contribution is 6.43. The number of allylic oxidation sites excluding steroid dienone is 1. The minimum absolute atomic E-state index is 0.0328. The van der Waals surface area contributed by atoms with Gasteiger partial charge in [-0.05, 0) is 48.6 Å². The van der Waals surface area contributed by atoms with Gasteiger partial charge < -0.3 is 4.42 Å². The Morgan fingerprint density at radius 2 is 1.81 bits per heavy atom. The summed E-state index contributed by atoms with van der Waals surface area (Å²) in [6.07, 6.45) is 2.72. The number of halogens is 3.